The molecule has 22 heavy (non-hydrogen) atoms. The molecule has 0 spiro atoms. The number of rotatable bonds is 5. The first-order valence-corrected chi connectivity index (χ1v) is 8.02. The number of benzene rings is 1. The lowest BCUT2D eigenvalue weighted by molar-refractivity contribution is -0.132. The SMILES string of the molecule is Cc1ccc(C(C)N(C)C(=O)CCC2CCNC2)c(C)c1.Cl. The van der Waals surface area contributed by atoms with E-state index >= 15 is 0 Å². The Bertz CT molecular complexity index is 498. The van der Waals surface area contributed by atoms with Crippen molar-refractivity contribution < 1.29 is 4.79 Å². The lowest BCUT2D eigenvalue weighted by Crippen LogP contribution is -2.30. The van der Waals surface area contributed by atoms with E-state index in [1.165, 1.54) is 23.1 Å². The molecule has 124 valence electrons. The normalized spacial score (nSPS) is 18.6. The first kappa shape index (κ1) is 19.0. The molecule has 0 bridgehead atoms. The van der Waals surface area contributed by atoms with Gasteiger partial charge >= 0.3 is 0 Å². The molecule has 0 radical (unpaired) electrons. The molecule has 1 saturated heterocycles. The van der Waals surface area contributed by atoms with Gasteiger partial charge in [-0.05, 0) is 63.7 Å². The van der Waals surface area contributed by atoms with E-state index in [-0.39, 0.29) is 24.4 Å². The zero-order chi connectivity index (χ0) is 15.4. The summed E-state index contributed by atoms with van der Waals surface area (Å²) in [4.78, 5) is 14.3. The lowest BCUT2D eigenvalue weighted by Gasteiger charge is -2.27. The van der Waals surface area contributed by atoms with Crippen LogP contribution in [0.4, 0.5) is 0 Å². The molecule has 1 fully saturated rings. The molecular weight excluding hydrogens is 296 g/mol. The van der Waals surface area contributed by atoms with Crippen molar-refractivity contribution in [1.82, 2.24) is 10.2 Å². The number of aryl methyl sites for hydroxylation is 2. The number of carbonyl (C=O) groups is 1. The Morgan fingerprint density at radius 2 is 2.14 bits per heavy atom. The quantitative estimate of drug-likeness (QED) is 0.897. The summed E-state index contributed by atoms with van der Waals surface area (Å²) in [5.41, 5.74) is 3.78. The van der Waals surface area contributed by atoms with E-state index in [1.54, 1.807) is 0 Å². The van der Waals surface area contributed by atoms with E-state index in [2.05, 4.69) is 44.3 Å². The van der Waals surface area contributed by atoms with Crippen LogP contribution in [0.2, 0.25) is 0 Å². The second-order valence-electron chi connectivity index (χ2n) is 6.44. The van der Waals surface area contributed by atoms with Gasteiger partial charge in [-0.15, -0.1) is 12.4 Å². The van der Waals surface area contributed by atoms with E-state index in [0.29, 0.717) is 12.3 Å². The zero-order valence-electron chi connectivity index (χ0n) is 14.2. The van der Waals surface area contributed by atoms with Gasteiger partial charge in [-0.25, -0.2) is 0 Å². The predicted octanol–water partition coefficient (Wildman–Crippen LogP) is 3.63. The molecule has 1 aliphatic heterocycles. The van der Waals surface area contributed by atoms with E-state index in [1.807, 2.05) is 11.9 Å². The van der Waals surface area contributed by atoms with Gasteiger partial charge in [-0.1, -0.05) is 23.8 Å². The summed E-state index contributed by atoms with van der Waals surface area (Å²) >= 11 is 0. The lowest BCUT2D eigenvalue weighted by atomic mass is 9.98. The van der Waals surface area contributed by atoms with E-state index in [4.69, 9.17) is 0 Å². The van der Waals surface area contributed by atoms with Crippen molar-refractivity contribution in [3.8, 4) is 0 Å². The van der Waals surface area contributed by atoms with Crippen LogP contribution in [0.1, 0.15) is 48.9 Å². The van der Waals surface area contributed by atoms with Crippen LogP contribution in [-0.2, 0) is 4.79 Å². The molecule has 2 unspecified atom stereocenters. The highest BCUT2D eigenvalue weighted by atomic mass is 35.5. The first-order chi connectivity index (χ1) is 9.99. The summed E-state index contributed by atoms with van der Waals surface area (Å²) < 4.78 is 0. The Balaban J connectivity index is 0.00000242. The van der Waals surface area contributed by atoms with Gasteiger partial charge in [-0.2, -0.15) is 0 Å². The minimum atomic E-state index is 0. The molecule has 0 saturated carbocycles. The highest BCUT2D eigenvalue weighted by Crippen LogP contribution is 2.24. The van der Waals surface area contributed by atoms with Crippen molar-refractivity contribution in [2.45, 2.75) is 46.1 Å². The Morgan fingerprint density at radius 1 is 1.41 bits per heavy atom. The molecule has 1 aliphatic rings. The standard InChI is InChI=1S/C18H28N2O.ClH/c1-13-5-7-17(14(2)11-13)15(3)20(4)18(21)8-6-16-9-10-19-12-16;/h5,7,11,15-16,19H,6,8-10,12H2,1-4H3;1H. The summed E-state index contributed by atoms with van der Waals surface area (Å²) in [6.45, 7) is 8.53. The van der Waals surface area contributed by atoms with Crippen molar-refractivity contribution in [1.29, 1.82) is 0 Å². The molecule has 3 nitrogen and oxygen atoms in total. The van der Waals surface area contributed by atoms with Crippen LogP contribution < -0.4 is 5.32 Å². The Labute approximate surface area is 140 Å². The van der Waals surface area contributed by atoms with Gasteiger partial charge in [-0.3, -0.25) is 4.79 Å². The van der Waals surface area contributed by atoms with E-state index in [0.717, 1.165) is 19.5 Å². The summed E-state index contributed by atoms with van der Waals surface area (Å²) in [6.07, 6.45) is 2.89. The molecule has 2 atom stereocenters. The van der Waals surface area contributed by atoms with Crippen LogP contribution in [0, 0.1) is 19.8 Å². The average Bonchev–Trinajstić information content (AvgIpc) is 2.96. The largest absolute Gasteiger partial charge is 0.339 e. The maximum Gasteiger partial charge on any atom is 0.222 e. The predicted molar refractivity (Wildman–Crippen MR) is 94.6 cm³/mol. The third kappa shape index (κ3) is 4.72. The first-order valence-electron chi connectivity index (χ1n) is 8.02. The smallest absolute Gasteiger partial charge is 0.222 e. The number of hydrogen-bond acceptors (Lipinski definition) is 2. The van der Waals surface area contributed by atoms with Gasteiger partial charge < -0.3 is 10.2 Å². The van der Waals surface area contributed by atoms with Gasteiger partial charge in [0.25, 0.3) is 0 Å². The maximum atomic E-state index is 12.4. The second-order valence-corrected chi connectivity index (χ2v) is 6.44. The summed E-state index contributed by atoms with van der Waals surface area (Å²) in [5, 5.41) is 3.36. The number of nitrogens with one attached hydrogen (secondary N) is 1. The highest BCUT2D eigenvalue weighted by Gasteiger charge is 2.21. The van der Waals surface area contributed by atoms with Crippen LogP contribution in [0.15, 0.2) is 18.2 Å². The molecule has 1 amide bonds. The number of amides is 1. The van der Waals surface area contributed by atoms with Gasteiger partial charge in [0.1, 0.15) is 0 Å². The van der Waals surface area contributed by atoms with Crippen molar-refractivity contribution in [3.05, 3.63) is 34.9 Å². The fourth-order valence-electron chi connectivity index (χ4n) is 3.18. The molecule has 0 aliphatic carbocycles. The molecule has 1 N–H and O–H groups in total. The Kier molecular flexibility index (Phi) is 7.37. The third-order valence-corrected chi connectivity index (χ3v) is 4.78. The topological polar surface area (TPSA) is 32.3 Å². The minimum Gasteiger partial charge on any atom is -0.339 e. The van der Waals surface area contributed by atoms with Crippen LogP contribution in [0.3, 0.4) is 0 Å². The van der Waals surface area contributed by atoms with Crippen molar-refractivity contribution in [2.75, 3.05) is 20.1 Å². The zero-order valence-corrected chi connectivity index (χ0v) is 15.0. The van der Waals surface area contributed by atoms with Crippen LogP contribution in [0.5, 0.6) is 0 Å². The van der Waals surface area contributed by atoms with Crippen molar-refractivity contribution in [2.24, 2.45) is 5.92 Å². The van der Waals surface area contributed by atoms with Crippen LogP contribution >= 0.6 is 12.4 Å². The van der Waals surface area contributed by atoms with Crippen LogP contribution in [-0.4, -0.2) is 30.9 Å². The van der Waals surface area contributed by atoms with Gasteiger partial charge in [0.15, 0.2) is 0 Å². The minimum absolute atomic E-state index is 0. The second kappa shape index (κ2) is 8.54. The molecule has 4 heteroatoms. The van der Waals surface area contributed by atoms with E-state index < -0.39 is 0 Å². The summed E-state index contributed by atoms with van der Waals surface area (Å²) in [6, 6.07) is 6.61. The molecule has 2 rings (SSSR count). The highest BCUT2D eigenvalue weighted by molar-refractivity contribution is 5.85. The van der Waals surface area contributed by atoms with Crippen molar-refractivity contribution >= 4 is 18.3 Å². The van der Waals surface area contributed by atoms with Gasteiger partial charge in [0, 0.05) is 13.5 Å². The molecule has 1 aromatic carbocycles. The van der Waals surface area contributed by atoms with Gasteiger partial charge in [0.2, 0.25) is 5.91 Å². The Hall–Kier alpha value is -1.06. The summed E-state index contributed by atoms with van der Waals surface area (Å²) in [5.74, 6) is 0.938. The van der Waals surface area contributed by atoms with Crippen LogP contribution in [0.25, 0.3) is 0 Å². The average molecular weight is 325 g/mol. The monoisotopic (exact) mass is 324 g/mol. The summed E-state index contributed by atoms with van der Waals surface area (Å²) in [7, 11) is 1.93. The fourth-order valence-corrected chi connectivity index (χ4v) is 3.18. The van der Waals surface area contributed by atoms with E-state index in [9.17, 15) is 4.79 Å². The maximum absolute atomic E-state index is 12.4. The molecule has 1 heterocycles. The molecular formula is C18H29ClN2O. The molecule has 1 aromatic rings. The number of nitrogens with zero attached hydrogens (tertiary/aromatic N) is 1. The third-order valence-electron chi connectivity index (χ3n) is 4.78. The fraction of sp³-hybridized carbons (Fsp3) is 0.611. The molecule has 0 aromatic heterocycles. The number of hydrogen-bond donors (Lipinski definition) is 1. The van der Waals surface area contributed by atoms with Gasteiger partial charge in [0.05, 0.1) is 6.04 Å². The number of carbonyl (C=O) groups excluding carboxylic acids is 1. The van der Waals surface area contributed by atoms with Crippen molar-refractivity contribution in [3.63, 3.8) is 0 Å². The number of halogens is 1. The Morgan fingerprint density at radius 3 is 2.73 bits per heavy atom.